The lowest BCUT2D eigenvalue weighted by atomic mass is 10.2. The van der Waals surface area contributed by atoms with Crippen molar-refractivity contribution in [3.8, 4) is 0 Å². The Morgan fingerprint density at radius 1 is 1.35 bits per heavy atom. The average Bonchev–Trinajstić information content (AvgIpc) is 2.15. The number of halogens is 4. The van der Waals surface area contributed by atoms with Gasteiger partial charge in [0.2, 0.25) is 10.0 Å². The van der Waals surface area contributed by atoms with Crippen molar-refractivity contribution in [2.24, 2.45) is 0 Å². The molecular weight excluding hydrogens is 323 g/mol. The molecule has 0 aliphatic carbocycles. The topological polar surface area (TPSA) is 37.4 Å². The van der Waals surface area contributed by atoms with Crippen LogP contribution in [0, 0.1) is 0 Å². The van der Waals surface area contributed by atoms with E-state index in [1.807, 2.05) is 0 Å². The number of hydrogen-bond acceptors (Lipinski definition) is 2. The lowest BCUT2D eigenvalue weighted by Gasteiger charge is -2.29. The van der Waals surface area contributed by atoms with Crippen LogP contribution in [0.1, 0.15) is 25.7 Å². The highest BCUT2D eigenvalue weighted by molar-refractivity contribution is 9.09. The van der Waals surface area contributed by atoms with Crippen molar-refractivity contribution in [3.63, 3.8) is 0 Å². The van der Waals surface area contributed by atoms with E-state index in [-0.39, 0.29) is 11.2 Å². The van der Waals surface area contributed by atoms with Crippen LogP contribution >= 0.6 is 15.9 Å². The molecule has 1 heterocycles. The molecule has 0 aromatic heterocycles. The van der Waals surface area contributed by atoms with Crippen molar-refractivity contribution in [1.82, 2.24) is 4.31 Å². The van der Waals surface area contributed by atoms with Gasteiger partial charge in [0.15, 0.2) is 0 Å². The van der Waals surface area contributed by atoms with Crippen LogP contribution in [0.5, 0.6) is 0 Å². The SMILES string of the molecule is O=S(=O)(CCCC(F)(F)F)N1CCCC(Br)C1. The van der Waals surface area contributed by atoms with Gasteiger partial charge in [-0.15, -0.1) is 0 Å². The van der Waals surface area contributed by atoms with Gasteiger partial charge < -0.3 is 0 Å². The molecule has 0 bridgehead atoms. The third-order valence-corrected chi connectivity index (χ3v) is 5.25. The third kappa shape index (κ3) is 5.56. The van der Waals surface area contributed by atoms with E-state index in [4.69, 9.17) is 0 Å². The monoisotopic (exact) mass is 337 g/mol. The quantitative estimate of drug-likeness (QED) is 0.739. The first-order valence-electron chi connectivity index (χ1n) is 5.39. The summed E-state index contributed by atoms with van der Waals surface area (Å²) in [5.41, 5.74) is 0. The smallest absolute Gasteiger partial charge is 0.212 e. The fraction of sp³-hybridized carbons (Fsp3) is 1.00. The predicted molar refractivity (Wildman–Crippen MR) is 62.6 cm³/mol. The van der Waals surface area contributed by atoms with Crippen LogP contribution in [-0.2, 0) is 10.0 Å². The number of nitrogens with zero attached hydrogens (tertiary/aromatic N) is 1. The van der Waals surface area contributed by atoms with Crippen molar-refractivity contribution < 1.29 is 21.6 Å². The summed E-state index contributed by atoms with van der Waals surface area (Å²) in [5, 5.41) is 0. The molecule has 0 amide bonds. The highest BCUT2D eigenvalue weighted by Gasteiger charge is 2.30. The second-order valence-electron chi connectivity index (χ2n) is 4.13. The number of rotatable bonds is 4. The van der Waals surface area contributed by atoms with Crippen LogP contribution in [0.25, 0.3) is 0 Å². The molecule has 8 heteroatoms. The molecule has 0 N–H and O–H groups in total. The van der Waals surface area contributed by atoms with Crippen molar-refractivity contribution in [2.45, 2.75) is 36.7 Å². The Labute approximate surface area is 108 Å². The molecule has 0 aromatic carbocycles. The highest BCUT2D eigenvalue weighted by Crippen LogP contribution is 2.24. The number of piperidine rings is 1. The fourth-order valence-electron chi connectivity index (χ4n) is 1.73. The van der Waals surface area contributed by atoms with Crippen LogP contribution < -0.4 is 0 Å². The summed E-state index contributed by atoms with van der Waals surface area (Å²) in [7, 11) is -3.54. The van der Waals surface area contributed by atoms with E-state index in [0.29, 0.717) is 13.1 Å². The van der Waals surface area contributed by atoms with E-state index in [0.717, 1.165) is 12.8 Å². The van der Waals surface area contributed by atoms with Gasteiger partial charge in [-0.2, -0.15) is 13.2 Å². The van der Waals surface area contributed by atoms with Crippen molar-refractivity contribution in [3.05, 3.63) is 0 Å². The van der Waals surface area contributed by atoms with Crippen LogP contribution in [0.3, 0.4) is 0 Å². The zero-order valence-electron chi connectivity index (χ0n) is 9.21. The van der Waals surface area contributed by atoms with E-state index in [1.54, 1.807) is 0 Å². The summed E-state index contributed by atoms with van der Waals surface area (Å²) in [6.07, 6.45) is -4.05. The average molecular weight is 338 g/mol. The van der Waals surface area contributed by atoms with Gasteiger partial charge in [0.1, 0.15) is 0 Å². The standard InChI is InChI=1S/C9H15BrF3NO2S/c10-8-3-1-5-14(7-8)17(15,16)6-2-4-9(11,12)13/h8H,1-7H2. The zero-order chi connectivity index (χ0) is 13.1. The second-order valence-corrected chi connectivity index (χ2v) is 7.52. The Hall–Kier alpha value is 0.180. The van der Waals surface area contributed by atoms with Crippen molar-refractivity contribution in [2.75, 3.05) is 18.8 Å². The third-order valence-electron chi connectivity index (χ3n) is 2.58. The molecule has 0 saturated carbocycles. The summed E-state index contributed by atoms with van der Waals surface area (Å²) >= 11 is 3.33. The summed E-state index contributed by atoms with van der Waals surface area (Å²) in [4.78, 5) is 0.105. The van der Waals surface area contributed by atoms with Crippen molar-refractivity contribution >= 4 is 26.0 Å². The van der Waals surface area contributed by atoms with Crippen LogP contribution in [-0.4, -0.2) is 42.6 Å². The molecule has 1 atom stereocenters. The maximum Gasteiger partial charge on any atom is 0.389 e. The number of alkyl halides is 4. The van der Waals surface area contributed by atoms with E-state index in [1.165, 1.54) is 4.31 Å². The zero-order valence-corrected chi connectivity index (χ0v) is 11.6. The minimum atomic E-state index is -4.28. The Morgan fingerprint density at radius 3 is 2.53 bits per heavy atom. The van der Waals surface area contributed by atoms with Gasteiger partial charge >= 0.3 is 6.18 Å². The molecular formula is C9H15BrF3NO2S. The number of sulfonamides is 1. The van der Waals surface area contributed by atoms with Crippen LogP contribution in [0.15, 0.2) is 0 Å². The summed E-state index contributed by atoms with van der Waals surface area (Å²) in [5.74, 6) is -0.424. The first-order valence-corrected chi connectivity index (χ1v) is 7.92. The molecule has 0 radical (unpaired) electrons. The molecule has 102 valence electrons. The van der Waals surface area contributed by atoms with E-state index < -0.39 is 28.4 Å². The molecule has 1 aliphatic heterocycles. The molecule has 1 rings (SSSR count). The highest BCUT2D eigenvalue weighted by atomic mass is 79.9. The lowest BCUT2D eigenvalue weighted by molar-refractivity contribution is -0.134. The van der Waals surface area contributed by atoms with Gasteiger partial charge in [-0.3, -0.25) is 0 Å². The molecule has 3 nitrogen and oxygen atoms in total. The summed E-state index contributed by atoms with van der Waals surface area (Å²) in [6, 6.07) is 0. The summed E-state index contributed by atoms with van der Waals surface area (Å²) < 4.78 is 60.6. The van der Waals surface area contributed by atoms with Crippen LogP contribution in [0.2, 0.25) is 0 Å². The largest absolute Gasteiger partial charge is 0.389 e. The minimum absolute atomic E-state index is 0.105. The van der Waals surface area contributed by atoms with Gasteiger partial charge in [-0.05, 0) is 19.3 Å². The molecule has 0 spiro atoms. The summed E-state index contributed by atoms with van der Waals surface area (Å²) in [6.45, 7) is 0.769. The van der Waals surface area contributed by atoms with Crippen LogP contribution in [0.4, 0.5) is 13.2 Å². The maximum absolute atomic E-state index is 11.9. The molecule has 1 unspecified atom stereocenters. The van der Waals surface area contributed by atoms with Crippen molar-refractivity contribution in [1.29, 1.82) is 0 Å². The fourth-order valence-corrected chi connectivity index (χ4v) is 4.18. The Morgan fingerprint density at radius 2 is 2.00 bits per heavy atom. The normalized spacial score (nSPS) is 23.9. The van der Waals surface area contributed by atoms with E-state index in [9.17, 15) is 21.6 Å². The molecule has 17 heavy (non-hydrogen) atoms. The Bertz CT molecular complexity index is 345. The first kappa shape index (κ1) is 15.2. The first-order chi connectivity index (χ1) is 7.71. The second kappa shape index (κ2) is 5.88. The molecule has 1 fully saturated rings. The molecule has 1 saturated heterocycles. The Kier molecular flexibility index (Phi) is 5.27. The van der Waals surface area contributed by atoms with Gasteiger partial charge in [0.05, 0.1) is 5.75 Å². The molecule has 0 aromatic rings. The van der Waals surface area contributed by atoms with Gasteiger partial charge in [0, 0.05) is 24.3 Å². The predicted octanol–water partition coefficient (Wildman–Crippen LogP) is 2.52. The van der Waals surface area contributed by atoms with Gasteiger partial charge in [0.25, 0.3) is 0 Å². The van der Waals surface area contributed by atoms with Gasteiger partial charge in [-0.1, -0.05) is 15.9 Å². The number of hydrogen-bond donors (Lipinski definition) is 0. The van der Waals surface area contributed by atoms with E-state index in [2.05, 4.69) is 15.9 Å². The lowest BCUT2D eigenvalue weighted by Crippen LogP contribution is -2.41. The maximum atomic E-state index is 11.9. The van der Waals surface area contributed by atoms with E-state index >= 15 is 0 Å². The minimum Gasteiger partial charge on any atom is -0.212 e. The molecule has 1 aliphatic rings. The van der Waals surface area contributed by atoms with Gasteiger partial charge in [-0.25, -0.2) is 12.7 Å². The Balaban J connectivity index is 2.45.